The van der Waals surface area contributed by atoms with E-state index in [2.05, 4.69) is 25.1 Å². The molecule has 1 nitrogen and oxygen atoms in total. The number of nitrogens with one attached hydrogen (secondary N) is 1. The van der Waals surface area contributed by atoms with Crippen molar-refractivity contribution in [3.8, 4) is 11.1 Å². The zero-order valence-corrected chi connectivity index (χ0v) is 13.2. The molecular weight excluding hydrogens is 273 g/mol. The number of benzene rings is 2. The maximum atomic E-state index is 14.1. The molecule has 2 heteroatoms. The van der Waals surface area contributed by atoms with Crippen LogP contribution < -0.4 is 0 Å². The van der Waals surface area contributed by atoms with Gasteiger partial charge in [0, 0.05) is 6.21 Å². The van der Waals surface area contributed by atoms with Crippen LogP contribution in [-0.4, -0.2) is 6.21 Å². The van der Waals surface area contributed by atoms with Gasteiger partial charge in [0.1, 0.15) is 5.82 Å². The van der Waals surface area contributed by atoms with Gasteiger partial charge in [0.2, 0.25) is 0 Å². The van der Waals surface area contributed by atoms with Gasteiger partial charge in [-0.1, -0.05) is 49.8 Å². The van der Waals surface area contributed by atoms with Gasteiger partial charge in [-0.25, -0.2) is 4.39 Å². The average Bonchev–Trinajstić information content (AvgIpc) is 2.52. The maximum absolute atomic E-state index is 14.1. The van der Waals surface area contributed by atoms with E-state index in [-0.39, 0.29) is 5.82 Å². The molecule has 0 amide bonds. The fraction of sp³-hybridized carbons (Fsp3) is 0.250. The lowest BCUT2D eigenvalue weighted by molar-refractivity contribution is 0.613. The van der Waals surface area contributed by atoms with E-state index in [1.54, 1.807) is 12.1 Å². The fourth-order valence-corrected chi connectivity index (χ4v) is 2.79. The van der Waals surface area contributed by atoms with Crippen LogP contribution in [0.3, 0.4) is 0 Å². The molecule has 2 aromatic rings. The molecule has 0 aromatic heterocycles. The quantitative estimate of drug-likeness (QED) is 0.680. The van der Waals surface area contributed by atoms with Gasteiger partial charge in [-0.3, -0.25) is 0 Å². The molecule has 0 aliphatic carbocycles. The first kappa shape index (κ1) is 16.2. The summed E-state index contributed by atoms with van der Waals surface area (Å²) < 4.78 is 14.1. The van der Waals surface area contributed by atoms with Crippen LogP contribution >= 0.6 is 0 Å². The average molecular weight is 295 g/mol. The normalized spacial score (nSPS) is 11.0. The number of hydrogen-bond donors (Lipinski definition) is 1. The molecule has 2 aromatic carbocycles. The molecular formula is C20H22FN. The van der Waals surface area contributed by atoms with Gasteiger partial charge in [-0.2, -0.15) is 0 Å². The maximum Gasteiger partial charge on any atom is 0.127 e. The van der Waals surface area contributed by atoms with Crippen LogP contribution in [0.1, 0.15) is 30.0 Å². The first-order valence-electron chi connectivity index (χ1n) is 7.70. The van der Waals surface area contributed by atoms with Crippen LogP contribution in [0.25, 0.3) is 11.1 Å². The van der Waals surface area contributed by atoms with Crippen molar-refractivity contribution in [2.45, 2.75) is 33.1 Å². The number of hydrogen-bond acceptors (Lipinski definition) is 1. The van der Waals surface area contributed by atoms with Gasteiger partial charge < -0.3 is 5.41 Å². The van der Waals surface area contributed by atoms with Crippen molar-refractivity contribution in [1.29, 1.82) is 5.41 Å². The molecule has 0 heterocycles. The third-order valence-electron chi connectivity index (χ3n) is 3.92. The molecule has 0 aliphatic heterocycles. The third kappa shape index (κ3) is 3.51. The lowest BCUT2D eigenvalue weighted by atomic mass is 9.90. The van der Waals surface area contributed by atoms with Gasteiger partial charge in [-0.15, -0.1) is 0 Å². The van der Waals surface area contributed by atoms with E-state index in [1.165, 1.54) is 17.3 Å². The molecule has 2 rings (SSSR count). The lowest BCUT2D eigenvalue weighted by Gasteiger charge is -2.15. The molecule has 0 aliphatic rings. The Kier molecular flexibility index (Phi) is 5.65. The highest BCUT2D eigenvalue weighted by Crippen LogP contribution is 2.31. The predicted octanol–water partition coefficient (Wildman–Crippen LogP) is 5.50. The molecule has 0 unspecified atom stereocenters. The first-order chi connectivity index (χ1) is 10.7. The number of rotatable bonds is 6. The van der Waals surface area contributed by atoms with Crippen molar-refractivity contribution in [2.75, 3.05) is 0 Å². The van der Waals surface area contributed by atoms with Crippen LogP contribution in [0.5, 0.6) is 0 Å². The second-order valence-electron chi connectivity index (χ2n) is 5.40. The molecule has 0 radical (unpaired) electrons. The summed E-state index contributed by atoms with van der Waals surface area (Å²) >= 11 is 0. The van der Waals surface area contributed by atoms with Gasteiger partial charge in [-0.05, 0) is 59.7 Å². The molecule has 114 valence electrons. The van der Waals surface area contributed by atoms with E-state index in [9.17, 15) is 4.39 Å². The van der Waals surface area contributed by atoms with Crippen LogP contribution in [0.2, 0.25) is 0 Å². The first-order valence-corrected chi connectivity index (χ1v) is 7.70. The van der Waals surface area contributed by atoms with E-state index >= 15 is 0 Å². The minimum atomic E-state index is -0.177. The second kappa shape index (κ2) is 7.69. The summed E-state index contributed by atoms with van der Waals surface area (Å²) in [5, 5.41) is 7.02. The van der Waals surface area contributed by atoms with Crippen LogP contribution in [0.4, 0.5) is 4.39 Å². The van der Waals surface area contributed by atoms with Gasteiger partial charge in [0.25, 0.3) is 0 Å². The smallest absolute Gasteiger partial charge is 0.127 e. The van der Waals surface area contributed by atoms with Crippen LogP contribution in [-0.2, 0) is 12.8 Å². The highest BCUT2D eigenvalue weighted by atomic mass is 19.1. The van der Waals surface area contributed by atoms with E-state index in [4.69, 9.17) is 5.41 Å². The second-order valence-corrected chi connectivity index (χ2v) is 5.40. The summed E-state index contributed by atoms with van der Waals surface area (Å²) in [6.07, 6.45) is 7.30. The Labute approximate surface area is 132 Å². The van der Waals surface area contributed by atoms with Crippen molar-refractivity contribution in [3.63, 3.8) is 0 Å². The summed E-state index contributed by atoms with van der Waals surface area (Å²) in [5.74, 6) is -0.177. The van der Waals surface area contributed by atoms with Crippen LogP contribution in [0.15, 0.2) is 48.6 Å². The SMILES string of the molecule is CCCc1ccccc1-c1ccc(F)c(C/C=C\C=N)c1C. The number of aryl methyl sites for hydroxylation is 1. The minimum Gasteiger partial charge on any atom is -0.309 e. The Morgan fingerprint density at radius 2 is 1.86 bits per heavy atom. The summed E-state index contributed by atoms with van der Waals surface area (Å²) in [4.78, 5) is 0. The van der Waals surface area contributed by atoms with E-state index < -0.39 is 0 Å². The van der Waals surface area contributed by atoms with Crippen LogP contribution in [0, 0.1) is 18.2 Å². The van der Waals surface area contributed by atoms with E-state index in [1.807, 2.05) is 25.1 Å². The standard InChI is InChI=1S/C20H22FN/c1-3-8-16-9-4-5-11-19(16)17-12-13-20(21)18(15(17)2)10-6-7-14-22/h4-7,9,11-14,22H,3,8,10H2,1-2H3/b7-6-,22-14?. The Hall–Kier alpha value is -2.22. The van der Waals surface area contributed by atoms with Crippen molar-refractivity contribution < 1.29 is 4.39 Å². The van der Waals surface area contributed by atoms with E-state index in [0.717, 1.165) is 24.0 Å². The Bertz CT molecular complexity index is 686. The summed E-state index contributed by atoms with van der Waals surface area (Å²) in [5.41, 5.74) is 5.30. The Balaban J connectivity index is 2.50. The van der Waals surface area contributed by atoms with Gasteiger partial charge in [0.15, 0.2) is 0 Å². The number of halogens is 1. The highest BCUT2D eigenvalue weighted by Gasteiger charge is 2.12. The molecule has 0 bridgehead atoms. The van der Waals surface area contributed by atoms with Crippen molar-refractivity contribution >= 4 is 6.21 Å². The zero-order valence-electron chi connectivity index (χ0n) is 13.2. The van der Waals surface area contributed by atoms with Gasteiger partial charge >= 0.3 is 0 Å². The summed E-state index contributed by atoms with van der Waals surface area (Å²) in [6.45, 7) is 4.15. The molecule has 0 saturated carbocycles. The molecule has 0 saturated heterocycles. The van der Waals surface area contributed by atoms with E-state index in [0.29, 0.717) is 12.0 Å². The lowest BCUT2D eigenvalue weighted by Crippen LogP contribution is -1.98. The largest absolute Gasteiger partial charge is 0.309 e. The van der Waals surface area contributed by atoms with Crippen molar-refractivity contribution in [3.05, 3.63) is 71.1 Å². The third-order valence-corrected chi connectivity index (χ3v) is 3.92. The highest BCUT2D eigenvalue weighted by molar-refractivity contribution is 5.72. The Morgan fingerprint density at radius 1 is 1.09 bits per heavy atom. The zero-order chi connectivity index (χ0) is 15.9. The predicted molar refractivity (Wildman–Crippen MR) is 92.2 cm³/mol. The van der Waals surface area contributed by atoms with Crippen molar-refractivity contribution in [1.82, 2.24) is 0 Å². The molecule has 1 N–H and O–H groups in total. The molecule has 22 heavy (non-hydrogen) atoms. The summed E-state index contributed by atoms with van der Waals surface area (Å²) in [6, 6.07) is 11.8. The summed E-state index contributed by atoms with van der Waals surface area (Å²) in [7, 11) is 0. The molecule has 0 atom stereocenters. The minimum absolute atomic E-state index is 0.177. The molecule has 0 spiro atoms. The van der Waals surface area contributed by atoms with Gasteiger partial charge in [0.05, 0.1) is 0 Å². The Morgan fingerprint density at radius 3 is 2.59 bits per heavy atom. The molecule has 0 fully saturated rings. The topological polar surface area (TPSA) is 23.9 Å². The monoisotopic (exact) mass is 295 g/mol. The fourth-order valence-electron chi connectivity index (χ4n) is 2.79. The van der Waals surface area contributed by atoms with Crippen molar-refractivity contribution in [2.24, 2.45) is 0 Å². The number of allylic oxidation sites excluding steroid dienone is 2.